The summed E-state index contributed by atoms with van der Waals surface area (Å²) in [5.74, 6) is -1.99. The number of hydrogen-bond donors (Lipinski definition) is 1. The standard InChI is InChI=1S/C12H9F5N2S/c1-6(7-2-3-8(13)9(14)4-7)18-11-19-10(5-20-11)12(15,16)17/h2-6H,1H3,(H,18,19). The van der Waals surface area contributed by atoms with Gasteiger partial charge in [-0.05, 0) is 24.6 Å². The molecule has 20 heavy (non-hydrogen) atoms. The van der Waals surface area contributed by atoms with E-state index in [1.807, 2.05) is 0 Å². The minimum atomic E-state index is -4.50. The number of alkyl halides is 3. The van der Waals surface area contributed by atoms with Gasteiger partial charge in [0, 0.05) is 5.38 Å². The summed E-state index contributed by atoms with van der Waals surface area (Å²) >= 11 is 0.797. The number of nitrogens with one attached hydrogen (secondary N) is 1. The molecule has 0 amide bonds. The largest absolute Gasteiger partial charge is 0.434 e. The van der Waals surface area contributed by atoms with Crippen molar-refractivity contribution in [1.82, 2.24) is 4.98 Å². The topological polar surface area (TPSA) is 24.9 Å². The van der Waals surface area contributed by atoms with E-state index in [-0.39, 0.29) is 5.13 Å². The van der Waals surface area contributed by atoms with Crippen molar-refractivity contribution in [2.24, 2.45) is 0 Å². The van der Waals surface area contributed by atoms with Gasteiger partial charge in [0.05, 0.1) is 6.04 Å². The summed E-state index contributed by atoms with van der Waals surface area (Å²) in [7, 11) is 0. The van der Waals surface area contributed by atoms with Crippen molar-refractivity contribution in [3.8, 4) is 0 Å². The lowest BCUT2D eigenvalue weighted by atomic mass is 10.1. The molecule has 1 N–H and O–H groups in total. The molecule has 1 heterocycles. The van der Waals surface area contributed by atoms with E-state index in [2.05, 4.69) is 10.3 Å². The maximum absolute atomic E-state index is 13.1. The monoisotopic (exact) mass is 308 g/mol. The van der Waals surface area contributed by atoms with E-state index in [9.17, 15) is 22.0 Å². The van der Waals surface area contributed by atoms with Crippen LogP contribution in [0, 0.1) is 11.6 Å². The number of aromatic nitrogens is 1. The Morgan fingerprint density at radius 3 is 2.45 bits per heavy atom. The van der Waals surface area contributed by atoms with E-state index in [0.29, 0.717) is 5.56 Å². The second kappa shape index (κ2) is 5.35. The molecule has 2 rings (SSSR count). The van der Waals surface area contributed by atoms with Crippen LogP contribution in [0.5, 0.6) is 0 Å². The van der Waals surface area contributed by atoms with Gasteiger partial charge in [0.15, 0.2) is 22.5 Å². The molecule has 0 aliphatic heterocycles. The van der Waals surface area contributed by atoms with Gasteiger partial charge in [-0.15, -0.1) is 11.3 Å². The number of anilines is 1. The summed E-state index contributed by atoms with van der Waals surface area (Å²) in [6.45, 7) is 1.61. The highest BCUT2D eigenvalue weighted by Crippen LogP contribution is 2.32. The Bertz CT molecular complexity index is 608. The minimum Gasteiger partial charge on any atom is -0.355 e. The van der Waals surface area contributed by atoms with Gasteiger partial charge in [0.25, 0.3) is 0 Å². The van der Waals surface area contributed by atoms with Gasteiger partial charge in [-0.3, -0.25) is 0 Å². The fraction of sp³-hybridized carbons (Fsp3) is 0.250. The Kier molecular flexibility index (Phi) is 3.94. The van der Waals surface area contributed by atoms with Gasteiger partial charge >= 0.3 is 6.18 Å². The molecule has 0 saturated carbocycles. The molecule has 1 aromatic heterocycles. The molecule has 108 valence electrons. The first-order chi connectivity index (χ1) is 9.27. The van der Waals surface area contributed by atoms with Crippen LogP contribution in [-0.4, -0.2) is 4.98 Å². The number of thiazole rings is 1. The molecular weight excluding hydrogens is 299 g/mol. The molecule has 0 aliphatic carbocycles. The molecule has 0 radical (unpaired) electrons. The Morgan fingerprint density at radius 2 is 1.90 bits per heavy atom. The molecule has 8 heteroatoms. The molecule has 0 saturated heterocycles. The molecular formula is C12H9F5N2S. The minimum absolute atomic E-state index is 0.0644. The first kappa shape index (κ1) is 14.7. The molecule has 1 aromatic carbocycles. The second-order valence-corrected chi connectivity index (χ2v) is 4.93. The first-order valence-electron chi connectivity index (χ1n) is 5.51. The van der Waals surface area contributed by atoms with Crippen molar-refractivity contribution in [2.75, 3.05) is 5.32 Å². The summed E-state index contributed by atoms with van der Waals surface area (Å²) in [4.78, 5) is 3.40. The quantitative estimate of drug-likeness (QED) is 0.837. The van der Waals surface area contributed by atoms with Crippen molar-refractivity contribution < 1.29 is 22.0 Å². The Balaban J connectivity index is 2.13. The number of hydrogen-bond acceptors (Lipinski definition) is 3. The third kappa shape index (κ3) is 3.24. The van der Waals surface area contributed by atoms with E-state index < -0.39 is 29.5 Å². The van der Waals surface area contributed by atoms with Gasteiger partial charge in [0.1, 0.15) is 0 Å². The predicted molar refractivity (Wildman–Crippen MR) is 65.5 cm³/mol. The van der Waals surface area contributed by atoms with Crippen LogP contribution < -0.4 is 5.32 Å². The van der Waals surface area contributed by atoms with Gasteiger partial charge in [-0.1, -0.05) is 6.07 Å². The van der Waals surface area contributed by atoms with Crippen LogP contribution in [-0.2, 0) is 6.18 Å². The van der Waals surface area contributed by atoms with Crippen molar-refractivity contribution in [3.63, 3.8) is 0 Å². The van der Waals surface area contributed by atoms with Crippen LogP contribution in [0.2, 0.25) is 0 Å². The Morgan fingerprint density at radius 1 is 1.20 bits per heavy atom. The average Bonchev–Trinajstić information content (AvgIpc) is 2.81. The fourth-order valence-electron chi connectivity index (χ4n) is 1.52. The maximum Gasteiger partial charge on any atom is 0.434 e. The highest BCUT2D eigenvalue weighted by Gasteiger charge is 2.33. The van der Waals surface area contributed by atoms with Crippen molar-refractivity contribution >= 4 is 16.5 Å². The van der Waals surface area contributed by atoms with E-state index in [0.717, 1.165) is 28.8 Å². The van der Waals surface area contributed by atoms with Crippen LogP contribution in [0.1, 0.15) is 24.2 Å². The lowest BCUT2D eigenvalue weighted by molar-refractivity contribution is -0.140. The molecule has 0 fully saturated rings. The second-order valence-electron chi connectivity index (χ2n) is 4.08. The van der Waals surface area contributed by atoms with Gasteiger partial charge < -0.3 is 5.32 Å². The van der Waals surface area contributed by atoms with Gasteiger partial charge in [0.2, 0.25) is 0 Å². The summed E-state index contributed by atoms with van der Waals surface area (Å²) in [6, 6.07) is 2.81. The van der Waals surface area contributed by atoms with E-state index in [4.69, 9.17) is 0 Å². The number of nitrogens with zero attached hydrogens (tertiary/aromatic N) is 1. The zero-order valence-electron chi connectivity index (χ0n) is 10.1. The Hall–Kier alpha value is -1.70. The van der Waals surface area contributed by atoms with Crippen LogP contribution in [0.25, 0.3) is 0 Å². The lowest BCUT2D eigenvalue weighted by Crippen LogP contribution is -2.09. The fourth-order valence-corrected chi connectivity index (χ4v) is 2.33. The SMILES string of the molecule is CC(Nc1nc(C(F)(F)F)cs1)c1ccc(F)c(F)c1. The van der Waals surface area contributed by atoms with Crippen molar-refractivity contribution in [2.45, 2.75) is 19.1 Å². The zero-order valence-corrected chi connectivity index (χ0v) is 10.9. The predicted octanol–water partition coefficient (Wildman–Crippen LogP) is 4.61. The Labute approximate surface area is 115 Å². The van der Waals surface area contributed by atoms with E-state index in [1.54, 1.807) is 6.92 Å². The van der Waals surface area contributed by atoms with Crippen molar-refractivity contribution in [3.05, 3.63) is 46.5 Å². The summed E-state index contributed by atoms with van der Waals surface area (Å²) in [5, 5.41) is 3.67. The summed E-state index contributed by atoms with van der Waals surface area (Å²) in [5.41, 5.74) is -0.574. The third-order valence-electron chi connectivity index (χ3n) is 2.58. The van der Waals surface area contributed by atoms with E-state index in [1.165, 1.54) is 6.07 Å². The third-order valence-corrected chi connectivity index (χ3v) is 3.35. The van der Waals surface area contributed by atoms with E-state index >= 15 is 0 Å². The van der Waals surface area contributed by atoms with Crippen LogP contribution in [0.15, 0.2) is 23.6 Å². The molecule has 0 bridgehead atoms. The van der Waals surface area contributed by atoms with Crippen molar-refractivity contribution in [1.29, 1.82) is 0 Å². The highest BCUT2D eigenvalue weighted by molar-refractivity contribution is 7.13. The molecule has 1 atom stereocenters. The lowest BCUT2D eigenvalue weighted by Gasteiger charge is -2.13. The maximum atomic E-state index is 13.1. The number of rotatable bonds is 3. The summed E-state index contributed by atoms with van der Waals surface area (Å²) in [6.07, 6.45) is -4.50. The molecule has 0 spiro atoms. The zero-order chi connectivity index (χ0) is 14.9. The normalized spacial score (nSPS) is 13.3. The number of halogens is 5. The molecule has 1 unspecified atom stereocenters. The number of benzene rings is 1. The molecule has 0 aliphatic rings. The smallest absolute Gasteiger partial charge is 0.355 e. The highest BCUT2D eigenvalue weighted by atomic mass is 32.1. The molecule has 2 nitrogen and oxygen atoms in total. The molecule has 2 aromatic rings. The van der Waals surface area contributed by atoms with Crippen LogP contribution in [0.3, 0.4) is 0 Å². The average molecular weight is 308 g/mol. The van der Waals surface area contributed by atoms with Gasteiger partial charge in [-0.2, -0.15) is 13.2 Å². The van der Waals surface area contributed by atoms with Crippen LogP contribution >= 0.6 is 11.3 Å². The van der Waals surface area contributed by atoms with Crippen LogP contribution in [0.4, 0.5) is 27.1 Å². The van der Waals surface area contributed by atoms with Gasteiger partial charge in [-0.25, -0.2) is 13.8 Å². The summed E-state index contributed by atoms with van der Waals surface area (Å²) < 4.78 is 63.0. The first-order valence-corrected chi connectivity index (χ1v) is 6.39.